The number of ketones is 1. The molecule has 0 atom stereocenters. The normalized spacial score (nSPS) is 10.6. The molecule has 2 aromatic carbocycles. The molecular formula is C17H13FO3. The molecule has 0 radical (unpaired) electrons. The van der Waals surface area contributed by atoms with Crippen LogP contribution in [0.25, 0.3) is 6.08 Å². The topological polar surface area (TPSA) is 43.4 Å². The second-order valence-corrected chi connectivity index (χ2v) is 4.39. The van der Waals surface area contributed by atoms with Gasteiger partial charge >= 0.3 is 5.97 Å². The van der Waals surface area contributed by atoms with Crippen LogP contribution in [0, 0.1) is 5.82 Å². The smallest absolute Gasteiger partial charge is 0.336 e. The van der Waals surface area contributed by atoms with Crippen LogP contribution in [0.5, 0.6) is 5.75 Å². The number of benzene rings is 2. The number of Topliss-reactive ketones (excluding diaryl/α,β-unsaturated/α-hetero) is 1. The van der Waals surface area contributed by atoms with Gasteiger partial charge in [-0.25, -0.2) is 9.18 Å². The average Bonchev–Trinajstić information content (AvgIpc) is 2.47. The quantitative estimate of drug-likeness (QED) is 0.372. The minimum Gasteiger partial charge on any atom is -0.423 e. The first-order chi connectivity index (χ1) is 10.0. The number of rotatable bonds is 4. The SMILES string of the molecule is CC(=O)c1ccc(OC(=O)C=Cc2ccc(F)cc2)cc1. The van der Waals surface area contributed by atoms with Gasteiger partial charge < -0.3 is 4.74 Å². The van der Waals surface area contributed by atoms with Gasteiger partial charge in [-0.2, -0.15) is 0 Å². The summed E-state index contributed by atoms with van der Waals surface area (Å²) in [7, 11) is 0. The Balaban J connectivity index is 1.98. The molecule has 0 bridgehead atoms. The van der Waals surface area contributed by atoms with E-state index in [4.69, 9.17) is 4.74 Å². The lowest BCUT2D eigenvalue weighted by molar-refractivity contribution is -0.128. The Labute approximate surface area is 121 Å². The number of carbonyl (C=O) groups excluding carboxylic acids is 2. The maximum atomic E-state index is 12.7. The van der Waals surface area contributed by atoms with E-state index in [1.807, 2.05) is 0 Å². The fourth-order valence-electron chi connectivity index (χ4n) is 1.65. The van der Waals surface area contributed by atoms with Gasteiger partial charge in [0.05, 0.1) is 0 Å². The molecule has 0 aliphatic carbocycles. The molecule has 0 saturated carbocycles. The Morgan fingerprint density at radius 2 is 1.62 bits per heavy atom. The van der Waals surface area contributed by atoms with Crippen LogP contribution in [0.2, 0.25) is 0 Å². The van der Waals surface area contributed by atoms with Crippen LogP contribution in [0.4, 0.5) is 4.39 Å². The van der Waals surface area contributed by atoms with E-state index in [-0.39, 0.29) is 11.6 Å². The summed E-state index contributed by atoms with van der Waals surface area (Å²) >= 11 is 0. The highest BCUT2D eigenvalue weighted by molar-refractivity contribution is 5.94. The summed E-state index contributed by atoms with van der Waals surface area (Å²) < 4.78 is 17.8. The molecule has 0 amide bonds. The van der Waals surface area contributed by atoms with E-state index in [9.17, 15) is 14.0 Å². The van der Waals surface area contributed by atoms with Crippen molar-refractivity contribution in [1.29, 1.82) is 0 Å². The molecule has 0 aromatic heterocycles. The van der Waals surface area contributed by atoms with Crippen molar-refractivity contribution in [2.75, 3.05) is 0 Å². The largest absolute Gasteiger partial charge is 0.423 e. The fourth-order valence-corrected chi connectivity index (χ4v) is 1.65. The van der Waals surface area contributed by atoms with E-state index in [0.29, 0.717) is 16.9 Å². The van der Waals surface area contributed by atoms with Crippen molar-refractivity contribution >= 4 is 17.8 Å². The van der Waals surface area contributed by atoms with Crippen molar-refractivity contribution in [3.05, 3.63) is 71.6 Å². The number of halogens is 1. The Morgan fingerprint density at radius 1 is 1.00 bits per heavy atom. The summed E-state index contributed by atoms with van der Waals surface area (Å²) in [5, 5.41) is 0. The van der Waals surface area contributed by atoms with E-state index in [0.717, 1.165) is 0 Å². The van der Waals surface area contributed by atoms with Crippen LogP contribution in [0.1, 0.15) is 22.8 Å². The van der Waals surface area contributed by atoms with Gasteiger partial charge in [-0.05, 0) is 55.0 Å². The Morgan fingerprint density at radius 3 is 2.19 bits per heavy atom. The number of hydrogen-bond acceptors (Lipinski definition) is 3. The van der Waals surface area contributed by atoms with Gasteiger partial charge in [0.15, 0.2) is 5.78 Å². The highest BCUT2D eigenvalue weighted by Gasteiger charge is 2.03. The molecule has 0 unspecified atom stereocenters. The van der Waals surface area contributed by atoms with Crippen LogP contribution in [0.3, 0.4) is 0 Å². The average molecular weight is 284 g/mol. The van der Waals surface area contributed by atoms with E-state index in [1.165, 1.54) is 31.2 Å². The zero-order valence-electron chi connectivity index (χ0n) is 11.4. The van der Waals surface area contributed by atoms with E-state index in [1.54, 1.807) is 36.4 Å². The molecule has 21 heavy (non-hydrogen) atoms. The Kier molecular flexibility index (Phi) is 4.61. The summed E-state index contributed by atoms with van der Waals surface area (Å²) in [6.07, 6.45) is 2.79. The summed E-state index contributed by atoms with van der Waals surface area (Å²) in [5.41, 5.74) is 1.25. The molecular weight excluding hydrogens is 271 g/mol. The lowest BCUT2D eigenvalue weighted by atomic mass is 10.1. The first-order valence-corrected chi connectivity index (χ1v) is 6.31. The molecule has 0 saturated heterocycles. The lowest BCUT2D eigenvalue weighted by Gasteiger charge is -2.02. The molecule has 0 fully saturated rings. The second-order valence-electron chi connectivity index (χ2n) is 4.39. The predicted molar refractivity (Wildman–Crippen MR) is 77.5 cm³/mol. The van der Waals surface area contributed by atoms with Crippen molar-refractivity contribution in [1.82, 2.24) is 0 Å². The molecule has 4 heteroatoms. The van der Waals surface area contributed by atoms with Gasteiger partial charge in [-0.15, -0.1) is 0 Å². The monoisotopic (exact) mass is 284 g/mol. The van der Waals surface area contributed by atoms with Crippen LogP contribution >= 0.6 is 0 Å². The molecule has 3 nitrogen and oxygen atoms in total. The summed E-state index contributed by atoms with van der Waals surface area (Å²) in [6.45, 7) is 1.46. The number of ether oxygens (including phenoxy) is 1. The van der Waals surface area contributed by atoms with E-state index >= 15 is 0 Å². The van der Waals surface area contributed by atoms with Crippen molar-refractivity contribution in [2.24, 2.45) is 0 Å². The first kappa shape index (κ1) is 14.7. The molecule has 0 aliphatic heterocycles. The van der Waals surface area contributed by atoms with Crippen molar-refractivity contribution < 1.29 is 18.7 Å². The Bertz CT molecular complexity index is 670. The summed E-state index contributed by atoms with van der Waals surface area (Å²) in [4.78, 5) is 22.7. The highest BCUT2D eigenvalue weighted by Crippen LogP contribution is 2.13. The molecule has 106 valence electrons. The molecule has 0 heterocycles. The number of carbonyl (C=O) groups is 2. The highest BCUT2D eigenvalue weighted by atomic mass is 19.1. The minimum absolute atomic E-state index is 0.0518. The van der Waals surface area contributed by atoms with E-state index < -0.39 is 5.97 Å². The van der Waals surface area contributed by atoms with Crippen LogP contribution in [0.15, 0.2) is 54.6 Å². The van der Waals surface area contributed by atoms with Gasteiger partial charge in [0, 0.05) is 11.6 Å². The van der Waals surface area contributed by atoms with Crippen molar-refractivity contribution in [3.63, 3.8) is 0 Å². The lowest BCUT2D eigenvalue weighted by Crippen LogP contribution is -2.03. The third kappa shape index (κ3) is 4.38. The van der Waals surface area contributed by atoms with Crippen LogP contribution in [-0.2, 0) is 4.79 Å². The van der Waals surface area contributed by atoms with Gasteiger partial charge in [0.2, 0.25) is 0 Å². The third-order valence-electron chi connectivity index (χ3n) is 2.76. The number of esters is 1. The van der Waals surface area contributed by atoms with Gasteiger partial charge in [0.25, 0.3) is 0 Å². The first-order valence-electron chi connectivity index (χ1n) is 6.31. The minimum atomic E-state index is -0.546. The van der Waals surface area contributed by atoms with Crippen molar-refractivity contribution in [2.45, 2.75) is 6.92 Å². The molecule has 2 aromatic rings. The molecule has 0 spiro atoms. The third-order valence-corrected chi connectivity index (χ3v) is 2.76. The number of hydrogen-bond donors (Lipinski definition) is 0. The molecule has 2 rings (SSSR count). The van der Waals surface area contributed by atoms with Crippen LogP contribution in [-0.4, -0.2) is 11.8 Å². The maximum absolute atomic E-state index is 12.7. The zero-order chi connectivity index (χ0) is 15.2. The zero-order valence-corrected chi connectivity index (χ0v) is 11.4. The Hall–Kier alpha value is -2.75. The van der Waals surface area contributed by atoms with Gasteiger partial charge in [-0.3, -0.25) is 4.79 Å². The molecule has 0 N–H and O–H groups in total. The summed E-state index contributed by atoms with van der Waals surface area (Å²) in [5.74, 6) is -0.576. The second kappa shape index (κ2) is 6.61. The van der Waals surface area contributed by atoms with Gasteiger partial charge in [-0.1, -0.05) is 12.1 Å². The molecule has 0 aliphatic rings. The van der Waals surface area contributed by atoms with Gasteiger partial charge in [0.1, 0.15) is 11.6 Å². The predicted octanol–water partition coefficient (Wildman–Crippen LogP) is 3.65. The fraction of sp³-hybridized carbons (Fsp3) is 0.0588. The van der Waals surface area contributed by atoms with Crippen LogP contribution < -0.4 is 4.74 Å². The summed E-state index contributed by atoms with van der Waals surface area (Å²) in [6, 6.07) is 12.0. The maximum Gasteiger partial charge on any atom is 0.336 e. The standard InChI is InChI=1S/C17H13FO3/c1-12(19)14-5-9-16(10-6-14)21-17(20)11-4-13-2-7-15(18)8-3-13/h2-11H,1H3. The van der Waals surface area contributed by atoms with E-state index in [2.05, 4.69) is 0 Å². The van der Waals surface area contributed by atoms with Crippen molar-refractivity contribution in [3.8, 4) is 5.75 Å².